The molecule has 0 saturated heterocycles. The van der Waals surface area contributed by atoms with Gasteiger partial charge in [0, 0.05) is 25.2 Å². The summed E-state index contributed by atoms with van der Waals surface area (Å²) in [7, 11) is 0. The number of nitrogens with zero attached hydrogens (tertiary/aromatic N) is 2. The van der Waals surface area contributed by atoms with Gasteiger partial charge in [-0.05, 0) is 30.3 Å². The van der Waals surface area contributed by atoms with Crippen LogP contribution >= 0.6 is 12.4 Å². The summed E-state index contributed by atoms with van der Waals surface area (Å²) in [6.07, 6.45) is 1.70. The lowest BCUT2D eigenvalue weighted by Crippen LogP contribution is -2.24. The van der Waals surface area contributed by atoms with E-state index in [-0.39, 0.29) is 36.8 Å². The Morgan fingerprint density at radius 3 is 2.67 bits per heavy atom. The lowest BCUT2D eigenvalue weighted by atomic mass is 10.1. The molecule has 2 N–H and O–H groups in total. The Kier molecular flexibility index (Phi) is 7.52. The van der Waals surface area contributed by atoms with Gasteiger partial charge in [-0.25, -0.2) is 4.98 Å². The van der Waals surface area contributed by atoms with Gasteiger partial charge < -0.3 is 10.6 Å². The van der Waals surface area contributed by atoms with Gasteiger partial charge in [-0.2, -0.15) is 0 Å². The van der Waals surface area contributed by atoms with Gasteiger partial charge >= 0.3 is 0 Å². The van der Waals surface area contributed by atoms with E-state index >= 15 is 0 Å². The molecule has 1 amide bonds. The van der Waals surface area contributed by atoms with Gasteiger partial charge in [-0.15, -0.1) is 12.4 Å². The third kappa shape index (κ3) is 5.15. The number of nitrogens with one attached hydrogen (secondary N) is 2. The minimum atomic E-state index is -0.131. The van der Waals surface area contributed by atoms with Gasteiger partial charge in [0.05, 0.1) is 17.2 Å². The number of anilines is 1. The van der Waals surface area contributed by atoms with E-state index in [9.17, 15) is 9.59 Å². The molecule has 0 unspecified atom stereocenters. The summed E-state index contributed by atoms with van der Waals surface area (Å²) in [5, 5.41) is 6.75. The van der Waals surface area contributed by atoms with Crippen molar-refractivity contribution in [2.45, 2.75) is 26.4 Å². The highest BCUT2D eigenvalue weighted by atomic mass is 35.5. The minimum Gasteiger partial charge on any atom is -0.326 e. The lowest BCUT2D eigenvalue weighted by molar-refractivity contribution is -0.116. The molecule has 1 heterocycles. The minimum absolute atomic E-state index is 0. The second-order valence-corrected chi connectivity index (χ2v) is 6.00. The van der Waals surface area contributed by atoms with Crippen molar-refractivity contribution in [2.75, 3.05) is 11.9 Å². The Balaban J connectivity index is 0.00000261. The highest BCUT2D eigenvalue weighted by Crippen LogP contribution is 2.15. The second kappa shape index (κ2) is 9.85. The molecule has 0 spiro atoms. The second-order valence-electron chi connectivity index (χ2n) is 6.00. The third-order valence-electron chi connectivity index (χ3n) is 4.17. The summed E-state index contributed by atoms with van der Waals surface area (Å²) in [5.74, 6) is -0.131. The molecule has 6 nitrogen and oxygen atoms in total. The molecule has 0 aliphatic carbocycles. The number of fused-ring (bicyclic) bond motifs is 1. The highest BCUT2D eigenvalue weighted by molar-refractivity contribution is 5.91. The maximum Gasteiger partial charge on any atom is 0.261 e. The molecule has 0 saturated carbocycles. The van der Waals surface area contributed by atoms with Crippen LogP contribution < -0.4 is 16.2 Å². The van der Waals surface area contributed by atoms with Crippen LogP contribution in [0.2, 0.25) is 0 Å². The maximum absolute atomic E-state index is 12.5. The zero-order chi connectivity index (χ0) is 18.4. The number of aryl methyl sites for hydroxylation is 1. The van der Waals surface area contributed by atoms with E-state index in [1.807, 2.05) is 43.3 Å². The Hall–Kier alpha value is -2.70. The van der Waals surface area contributed by atoms with E-state index in [1.54, 1.807) is 12.1 Å². The molecule has 0 fully saturated rings. The van der Waals surface area contributed by atoms with Crippen LogP contribution in [0.1, 0.15) is 18.9 Å². The van der Waals surface area contributed by atoms with Crippen molar-refractivity contribution in [2.24, 2.45) is 0 Å². The van der Waals surface area contributed by atoms with Crippen molar-refractivity contribution in [1.82, 2.24) is 14.9 Å². The van der Waals surface area contributed by atoms with Crippen molar-refractivity contribution in [3.05, 3.63) is 70.8 Å². The molecule has 1 aromatic heterocycles. The molecule has 3 aromatic rings. The predicted molar refractivity (Wildman–Crippen MR) is 110 cm³/mol. The average molecular weight is 387 g/mol. The molecular weight excluding hydrogens is 364 g/mol. The average Bonchev–Trinajstić information content (AvgIpc) is 2.67. The zero-order valence-electron chi connectivity index (χ0n) is 15.1. The topological polar surface area (TPSA) is 76.0 Å². The van der Waals surface area contributed by atoms with Crippen LogP contribution in [0.25, 0.3) is 10.9 Å². The fourth-order valence-corrected chi connectivity index (χ4v) is 2.76. The number of para-hydroxylation sites is 2. The summed E-state index contributed by atoms with van der Waals surface area (Å²) in [6.45, 7) is 3.88. The molecule has 7 heteroatoms. The van der Waals surface area contributed by atoms with E-state index in [0.717, 1.165) is 17.8 Å². The van der Waals surface area contributed by atoms with E-state index in [1.165, 1.54) is 10.9 Å². The van der Waals surface area contributed by atoms with Crippen molar-refractivity contribution in [3.8, 4) is 0 Å². The quantitative estimate of drug-likeness (QED) is 0.654. The summed E-state index contributed by atoms with van der Waals surface area (Å²) in [6, 6.07) is 14.9. The molecule has 0 aliphatic heterocycles. The largest absolute Gasteiger partial charge is 0.326 e. The standard InChI is InChI=1S/C20H22N4O2.ClH/c1-2-21-13-15-7-3-5-9-17(15)23-19(25)11-12-24-14-22-18-10-6-4-8-16(18)20(24)26;/h3-10,14,21H,2,11-13H2,1H3,(H,23,25);1H. The Morgan fingerprint density at radius 2 is 1.85 bits per heavy atom. The van der Waals surface area contributed by atoms with E-state index in [0.29, 0.717) is 17.4 Å². The third-order valence-corrected chi connectivity index (χ3v) is 4.17. The van der Waals surface area contributed by atoms with Gasteiger partial charge in [0.2, 0.25) is 5.91 Å². The summed E-state index contributed by atoms with van der Waals surface area (Å²) in [5.41, 5.74) is 2.36. The van der Waals surface area contributed by atoms with Crippen LogP contribution in [0, 0.1) is 0 Å². The number of halogens is 1. The first kappa shape index (κ1) is 20.6. The number of hydrogen-bond donors (Lipinski definition) is 2. The molecule has 2 aromatic carbocycles. The van der Waals surface area contributed by atoms with Crippen molar-refractivity contribution >= 4 is 34.9 Å². The van der Waals surface area contributed by atoms with Crippen molar-refractivity contribution in [1.29, 1.82) is 0 Å². The SMILES string of the molecule is CCNCc1ccccc1NC(=O)CCn1cnc2ccccc2c1=O.Cl. The van der Waals surface area contributed by atoms with Gasteiger partial charge in [0.15, 0.2) is 0 Å². The first-order valence-electron chi connectivity index (χ1n) is 8.71. The van der Waals surface area contributed by atoms with Crippen LogP contribution in [0.4, 0.5) is 5.69 Å². The fourth-order valence-electron chi connectivity index (χ4n) is 2.76. The number of aromatic nitrogens is 2. The van der Waals surface area contributed by atoms with E-state index < -0.39 is 0 Å². The first-order valence-corrected chi connectivity index (χ1v) is 8.71. The smallest absolute Gasteiger partial charge is 0.261 e. The number of carbonyl (C=O) groups is 1. The Bertz CT molecular complexity index is 971. The maximum atomic E-state index is 12.5. The fraction of sp³-hybridized carbons (Fsp3) is 0.250. The van der Waals surface area contributed by atoms with E-state index in [4.69, 9.17) is 0 Å². The first-order chi connectivity index (χ1) is 12.7. The van der Waals surface area contributed by atoms with Crippen molar-refractivity contribution in [3.63, 3.8) is 0 Å². The monoisotopic (exact) mass is 386 g/mol. The zero-order valence-corrected chi connectivity index (χ0v) is 16.0. The number of amides is 1. The Labute approximate surface area is 164 Å². The van der Waals surface area contributed by atoms with Crippen LogP contribution in [0.15, 0.2) is 59.7 Å². The number of rotatable bonds is 7. The number of hydrogen-bond acceptors (Lipinski definition) is 4. The summed E-state index contributed by atoms with van der Waals surface area (Å²) < 4.78 is 1.48. The van der Waals surface area contributed by atoms with Gasteiger partial charge in [0.25, 0.3) is 5.56 Å². The molecule has 142 valence electrons. The molecule has 27 heavy (non-hydrogen) atoms. The summed E-state index contributed by atoms with van der Waals surface area (Å²) in [4.78, 5) is 29.0. The Morgan fingerprint density at radius 1 is 1.11 bits per heavy atom. The lowest BCUT2D eigenvalue weighted by Gasteiger charge is -2.12. The van der Waals surface area contributed by atoms with Crippen molar-refractivity contribution < 1.29 is 4.79 Å². The molecule has 3 rings (SSSR count). The van der Waals surface area contributed by atoms with Crippen LogP contribution in [0.3, 0.4) is 0 Å². The molecule has 0 bridgehead atoms. The molecular formula is C20H23ClN4O2. The number of benzene rings is 2. The number of carbonyl (C=O) groups excluding carboxylic acids is 1. The van der Waals surface area contributed by atoms with Crippen LogP contribution in [0.5, 0.6) is 0 Å². The van der Waals surface area contributed by atoms with Gasteiger partial charge in [0.1, 0.15) is 0 Å². The van der Waals surface area contributed by atoms with Gasteiger partial charge in [-0.1, -0.05) is 37.3 Å². The van der Waals surface area contributed by atoms with E-state index in [2.05, 4.69) is 15.6 Å². The predicted octanol–water partition coefficient (Wildman–Crippen LogP) is 2.96. The normalized spacial score (nSPS) is 10.4. The molecule has 0 radical (unpaired) electrons. The van der Waals surface area contributed by atoms with Gasteiger partial charge in [-0.3, -0.25) is 14.2 Å². The highest BCUT2D eigenvalue weighted by Gasteiger charge is 2.08. The molecule has 0 atom stereocenters. The van der Waals surface area contributed by atoms with Crippen LogP contribution in [-0.2, 0) is 17.9 Å². The molecule has 0 aliphatic rings. The summed E-state index contributed by atoms with van der Waals surface area (Å²) >= 11 is 0. The van der Waals surface area contributed by atoms with Crippen LogP contribution in [-0.4, -0.2) is 22.0 Å².